The first-order valence-corrected chi connectivity index (χ1v) is 7.89. The van der Waals surface area contributed by atoms with E-state index in [0.29, 0.717) is 11.5 Å². The van der Waals surface area contributed by atoms with E-state index in [0.717, 1.165) is 32.6 Å². The first-order chi connectivity index (χ1) is 9.99. The quantitative estimate of drug-likeness (QED) is 0.742. The van der Waals surface area contributed by atoms with Crippen LogP contribution in [0.1, 0.15) is 45.7 Å². The van der Waals surface area contributed by atoms with E-state index in [4.69, 9.17) is 0 Å². The molecule has 1 atom stereocenters. The second kappa shape index (κ2) is 9.11. The van der Waals surface area contributed by atoms with Gasteiger partial charge in [0, 0.05) is 18.2 Å². The Balaban J connectivity index is 2.75. The molecule has 0 spiro atoms. The van der Waals surface area contributed by atoms with Crippen molar-refractivity contribution in [3.05, 3.63) is 35.4 Å². The highest BCUT2D eigenvalue weighted by atomic mass is 19.2. The summed E-state index contributed by atoms with van der Waals surface area (Å²) in [5.41, 5.74) is 0.428. The van der Waals surface area contributed by atoms with Crippen LogP contribution >= 0.6 is 0 Å². The van der Waals surface area contributed by atoms with Gasteiger partial charge < -0.3 is 10.2 Å². The van der Waals surface area contributed by atoms with Crippen LogP contribution in [0.2, 0.25) is 0 Å². The Morgan fingerprint density at radius 3 is 2.48 bits per heavy atom. The molecule has 0 aliphatic rings. The first-order valence-electron chi connectivity index (χ1n) is 7.89. The lowest BCUT2D eigenvalue weighted by Gasteiger charge is -2.26. The van der Waals surface area contributed by atoms with Gasteiger partial charge in [0.05, 0.1) is 0 Å². The van der Waals surface area contributed by atoms with Crippen molar-refractivity contribution < 1.29 is 8.78 Å². The summed E-state index contributed by atoms with van der Waals surface area (Å²) in [7, 11) is 0. The fourth-order valence-corrected chi connectivity index (χ4v) is 2.61. The highest BCUT2D eigenvalue weighted by Gasteiger charge is 2.18. The fourth-order valence-electron chi connectivity index (χ4n) is 2.61. The molecule has 1 unspecified atom stereocenters. The third-order valence-corrected chi connectivity index (χ3v) is 3.61. The van der Waals surface area contributed by atoms with Crippen LogP contribution < -0.4 is 5.32 Å². The van der Waals surface area contributed by atoms with Crippen LogP contribution in [0.15, 0.2) is 18.2 Å². The molecule has 1 N–H and O–H groups in total. The minimum Gasteiger partial charge on any atom is -0.310 e. The molecule has 0 heterocycles. The number of halogens is 2. The maximum Gasteiger partial charge on any atom is 0.163 e. The Hall–Kier alpha value is -1.00. The first kappa shape index (κ1) is 18.1. The van der Waals surface area contributed by atoms with Crippen LogP contribution in [-0.4, -0.2) is 31.1 Å². The van der Waals surface area contributed by atoms with Gasteiger partial charge in [-0.05, 0) is 38.0 Å². The van der Waals surface area contributed by atoms with Crippen molar-refractivity contribution in [3.8, 4) is 0 Å². The van der Waals surface area contributed by atoms with Crippen molar-refractivity contribution in [2.24, 2.45) is 5.92 Å². The monoisotopic (exact) mass is 298 g/mol. The summed E-state index contributed by atoms with van der Waals surface area (Å²) in [5.74, 6) is -0.895. The predicted octanol–water partition coefficient (Wildman–Crippen LogP) is 3.98. The Bertz CT molecular complexity index is 421. The van der Waals surface area contributed by atoms with Crippen molar-refractivity contribution >= 4 is 0 Å². The minimum atomic E-state index is -0.773. The van der Waals surface area contributed by atoms with E-state index in [1.807, 2.05) is 6.92 Å². The predicted molar refractivity (Wildman–Crippen MR) is 84.3 cm³/mol. The number of hydrogen-bond donors (Lipinski definition) is 1. The SMILES string of the molecule is CCNC(CCN(CC)CC(C)C)c1cccc(F)c1F. The van der Waals surface area contributed by atoms with E-state index in [9.17, 15) is 8.78 Å². The number of nitrogens with zero attached hydrogens (tertiary/aromatic N) is 1. The van der Waals surface area contributed by atoms with Crippen molar-refractivity contribution in [3.63, 3.8) is 0 Å². The van der Waals surface area contributed by atoms with Crippen LogP contribution in [0.4, 0.5) is 8.78 Å². The summed E-state index contributed by atoms with van der Waals surface area (Å²) in [6.07, 6.45) is 0.773. The van der Waals surface area contributed by atoms with E-state index >= 15 is 0 Å². The number of rotatable bonds is 9. The van der Waals surface area contributed by atoms with Gasteiger partial charge >= 0.3 is 0 Å². The molecule has 0 amide bonds. The highest BCUT2D eigenvalue weighted by molar-refractivity contribution is 5.22. The largest absolute Gasteiger partial charge is 0.310 e. The number of nitrogens with one attached hydrogen (secondary N) is 1. The average Bonchev–Trinajstić information content (AvgIpc) is 2.44. The normalized spacial score (nSPS) is 13.1. The lowest BCUT2D eigenvalue weighted by molar-refractivity contribution is 0.241. The van der Waals surface area contributed by atoms with Gasteiger partial charge in [0.15, 0.2) is 11.6 Å². The van der Waals surface area contributed by atoms with Crippen LogP contribution in [0.3, 0.4) is 0 Å². The second-order valence-electron chi connectivity index (χ2n) is 5.83. The van der Waals surface area contributed by atoms with Gasteiger partial charge in [-0.1, -0.05) is 39.8 Å². The van der Waals surface area contributed by atoms with E-state index in [-0.39, 0.29) is 6.04 Å². The average molecular weight is 298 g/mol. The summed E-state index contributed by atoms with van der Waals surface area (Å²) in [6.45, 7) is 12.1. The van der Waals surface area contributed by atoms with Gasteiger partial charge in [-0.15, -0.1) is 0 Å². The zero-order valence-electron chi connectivity index (χ0n) is 13.6. The molecule has 0 saturated carbocycles. The lowest BCUT2D eigenvalue weighted by Crippen LogP contribution is -2.32. The molecule has 0 aromatic heterocycles. The summed E-state index contributed by atoms with van der Waals surface area (Å²) in [5, 5.41) is 3.27. The van der Waals surface area contributed by atoms with Crippen molar-refractivity contribution in [1.82, 2.24) is 10.2 Å². The topological polar surface area (TPSA) is 15.3 Å². The van der Waals surface area contributed by atoms with Crippen LogP contribution in [0, 0.1) is 17.6 Å². The maximum atomic E-state index is 14.0. The van der Waals surface area contributed by atoms with Gasteiger partial charge in [0.1, 0.15) is 0 Å². The lowest BCUT2D eigenvalue weighted by atomic mass is 10.0. The van der Waals surface area contributed by atoms with Gasteiger partial charge in [0.2, 0.25) is 0 Å². The summed E-state index contributed by atoms with van der Waals surface area (Å²) in [6, 6.07) is 4.26. The summed E-state index contributed by atoms with van der Waals surface area (Å²) in [4.78, 5) is 2.35. The van der Waals surface area contributed by atoms with Gasteiger partial charge in [0.25, 0.3) is 0 Å². The fraction of sp³-hybridized carbons (Fsp3) is 0.647. The molecule has 0 bridgehead atoms. The van der Waals surface area contributed by atoms with Crippen LogP contribution in [0.5, 0.6) is 0 Å². The molecule has 120 valence electrons. The molecule has 0 aliphatic heterocycles. The molecule has 0 saturated heterocycles. The molecule has 1 aromatic carbocycles. The zero-order valence-corrected chi connectivity index (χ0v) is 13.6. The van der Waals surface area contributed by atoms with E-state index in [2.05, 4.69) is 31.0 Å². The maximum absolute atomic E-state index is 14.0. The molecular weight excluding hydrogens is 270 g/mol. The Labute approximate surface area is 127 Å². The molecule has 21 heavy (non-hydrogen) atoms. The highest BCUT2D eigenvalue weighted by Crippen LogP contribution is 2.22. The summed E-state index contributed by atoms with van der Waals surface area (Å²) >= 11 is 0. The van der Waals surface area contributed by atoms with Crippen LogP contribution in [0.25, 0.3) is 0 Å². The smallest absolute Gasteiger partial charge is 0.163 e. The van der Waals surface area contributed by atoms with E-state index in [1.165, 1.54) is 6.07 Å². The van der Waals surface area contributed by atoms with Gasteiger partial charge in [-0.3, -0.25) is 0 Å². The molecule has 1 aromatic rings. The van der Waals surface area contributed by atoms with Crippen molar-refractivity contribution in [1.29, 1.82) is 0 Å². The summed E-state index contributed by atoms with van der Waals surface area (Å²) < 4.78 is 27.4. The third kappa shape index (κ3) is 5.71. The Morgan fingerprint density at radius 2 is 1.90 bits per heavy atom. The molecule has 0 radical (unpaired) electrons. The second-order valence-corrected chi connectivity index (χ2v) is 5.83. The van der Waals surface area contributed by atoms with Crippen molar-refractivity contribution in [2.75, 3.05) is 26.2 Å². The molecule has 0 fully saturated rings. The number of benzene rings is 1. The molecule has 2 nitrogen and oxygen atoms in total. The molecule has 0 aliphatic carbocycles. The minimum absolute atomic E-state index is 0.146. The van der Waals surface area contributed by atoms with Crippen LogP contribution in [-0.2, 0) is 0 Å². The third-order valence-electron chi connectivity index (χ3n) is 3.61. The zero-order chi connectivity index (χ0) is 15.8. The van der Waals surface area contributed by atoms with Gasteiger partial charge in [-0.25, -0.2) is 8.78 Å². The molecule has 4 heteroatoms. The van der Waals surface area contributed by atoms with E-state index < -0.39 is 11.6 Å². The number of hydrogen-bond acceptors (Lipinski definition) is 2. The standard InChI is InChI=1S/C17H28F2N2/c1-5-20-16(10-11-21(6-2)12-13(3)4)14-8-7-9-15(18)17(14)19/h7-9,13,16,20H,5-6,10-12H2,1-4H3. The molecule has 1 rings (SSSR count). The van der Waals surface area contributed by atoms with Gasteiger partial charge in [-0.2, -0.15) is 0 Å². The van der Waals surface area contributed by atoms with Crippen molar-refractivity contribution in [2.45, 2.75) is 40.2 Å². The van der Waals surface area contributed by atoms with E-state index in [1.54, 1.807) is 12.1 Å². The molecular formula is C17H28F2N2. The Kier molecular flexibility index (Phi) is 7.83. The Morgan fingerprint density at radius 1 is 1.19 bits per heavy atom.